The van der Waals surface area contributed by atoms with Crippen molar-refractivity contribution >= 4 is 23.9 Å². The van der Waals surface area contributed by atoms with Gasteiger partial charge in [0, 0.05) is 31.9 Å². The zero-order valence-electron chi connectivity index (χ0n) is 24.4. The van der Waals surface area contributed by atoms with Crippen LogP contribution in [0.3, 0.4) is 0 Å². The molecule has 2 aromatic rings. The number of ether oxygens (including phenoxy) is 4. The summed E-state index contributed by atoms with van der Waals surface area (Å²) in [5, 5.41) is 13.6. The molecule has 0 aromatic heterocycles. The number of alkyl halides is 3. The number of carbonyl (C=O) groups is 3. The molecule has 244 valence electrons. The number of nitrogens with one attached hydrogen (secondary N) is 1. The molecule has 3 saturated heterocycles. The molecule has 0 radical (unpaired) electrons. The van der Waals surface area contributed by atoms with Crippen molar-refractivity contribution in [3.63, 3.8) is 0 Å². The molecule has 0 unspecified atom stereocenters. The third-order valence-electron chi connectivity index (χ3n) is 9.19. The molecule has 2 bridgehead atoms. The van der Waals surface area contributed by atoms with E-state index in [1.807, 2.05) is 24.3 Å². The molecule has 11 nitrogen and oxygen atoms in total. The minimum atomic E-state index is -4.64. The van der Waals surface area contributed by atoms with Crippen LogP contribution in [0.1, 0.15) is 28.7 Å². The van der Waals surface area contributed by atoms with E-state index in [1.165, 1.54) is 11.1 Å². The van der Waals surface area contributed by atoms with E-state index < -0.39 is 72.3 Å². The van der Waals surface area contributed by atoms with Gasteiger partial charge in [-0.25, -0.2) is 4.79 Å². The summed E-state index contributed by atoms with van der Waals surface area (Å²) in [5.74, 6) is -3.27. The van der Waals surface area contributed by atoms with Crippen LogP contribution in [-0.4, -0.2) is 90.2 Å². The molecule has 6 atom stereocenters. The molecule has 46 heavy (non-hydrogen) atoms. The van der Waals surface area contributed by atoms with E-state index in [-0.39, 0.29) is 26.1 Å². The van der Waals surface area contributed by atoms with Gasteiger partial charge in [0.25, 0.3) is 0 Å². The van der Waals surface area contributed by atoms with Gasteiger partial charge in [0.1, 0.15) is 29.8 Å². The Kier molecular flexibility index (Phi) is 7.67. The van der Waals surface area contributed by atoms with Gasteiger partial charge in [-0.05, 0) is 28.3 Å². The summed E-state index contributed by atoms with van der Waals surface area (Å²) in [6.45, 7) is -2.00. The lowest BCUT2D eigenvalue weighted by molar-refractivity contribution is -0.217. The van der Waals surface area contributed by atoms with Crippen LogP contribution in [0, 0.1) is 5.41 Å². The van der Waals surface area contributed by atoms with Crippen LogP contribution < -0.4 is 5.32 Å². The standard InChI is InChI=1S/C32H31F3N2O9/c33-32(34,35)17-42-23(39)9-8-18-4-3-5-19(12-18)16-37-26-28(40)43-22-15-31(26,29(41)36-10-11-38)27(46-37)25-24(22)44-30(45-25)13-20-6-1-2-7-21(20)14-30/h1-9,12,22,24-27,38H,10-11,13-17H2,(H,36,41)/t22-,24+,25+,26+,27-,31+/m1/s1. The summed E-state index contributed by atoms with van der Waals surface area (Å²) >= 11 is 0. The first kappa shape index (κ1) is 30.8. The van der Waals surface area contributed by atoms with Crippen LogP contribution in [0.15, 0.2) is 54.6 Å². The molecule has 7 rings (SSSR count). The van der Waals surface area contributed by atoms with E-state index >= 15 is 0 Å². The predicted molar refractivity (Wildman–Crippen MR) is 150 cm³/mol. The van der Waals surface area contributed by atoms with Gasteiger partial charge in [0.15, 0.2) is 18.4 Å². The highest BCUT2D eigenvalue weighted by Gasteiger charge is 2.76. The van der Waals surface area contributed by atoms with E-state index in [4.69, 9.17) is 19.0 Å². The Morgan fingerprint density at radius 2 is 1.83 bits per heavy atom. The minimum absolute atomic E-state index is 0.0188. The van der Waals surface area contributed by atoms with Crippen LogP contribution in [0.4, 0.5) is 13.2 Å². The Hall–Kier alpha value is -3.82. The van der Waals surface area contributed by atoms with Crippen LogP contribution in [-0.2, 0) is 57.6 Å². The second-order valence-corrected chi connectivity index (χ2v) is 12.2. The summed E-state index contributed by atoms with van der Waals surface area (Å²) in [4.78, 5) is 45.9. The molecule has 2 N–H and O–H groups in total. The first-order valence-corrected chi connectivity index (χ1v) is 15.0. The number of benzene rings is 2. The number of fused-ring (bicyclic) bond motifs is 5. The van der Waals surface area contributed by atoms with Crippen LogP contribution >= 0.6 is 0 Å². The first-order chi connectivity index (χ1) is 22.0. The largest absolute Gasteiger partial charge is 0.458 e. The van der Waals surface area contributed by atoms with Gasteiger partial charge >= 0.3 is 18.1 Å². The lowest BCUT2D eigenvalue weighted by atomic mass is 9.62. The number of esters is 2. The van der Waals surface area contributed by atoms with Gasteiger partial charge in [-0.15, -0.1) is 0 Å². The van der Waals surface area contributed by atoms with Gasteiger partial charge in [-0.1, -0.05) is 48.5 Å². The summed E-state index contributed by atoms with van der Waals surface area (Å²) in [6.07, 6.45) is -4.43. The van der Waals surface area contributed by atoms with Crippen molar-refractivity contribution in [1.82, 2.24) is 10.4 Å². The number of carbonyl (C=O) groups excluding carboxylic acids is 3. The lowest BCUT2D eigenvalue weighted by Gasteiger charge is -2.48. The molecule has 4 fully saturated rings. The number of hydrogen-bond acceptors (Lipinski definition) is 10. The smallest absolute Gasteiger partial charge is 0.422 e. The SMILES string of the molecule is O=C(C=Cc1cccc(CN2O[C@@H]3[C@H]4OC5(Cc6ccccc6C5)O[C@H]4[C@H]4C[C@]3(C(=O)NCCO)[C@@H]2C(=O)O4)c1)OCC(F)(F)F. The number of hydrogen-bond donors (Lipinski definition) is 2. The molecule has 2 aliphatic carbocycles. The Bertz CT molecular complexity index is 1560. The van der Waals surface area contributed by atoms with E-state index in [2.05, 4.69) is 10.1 Å². The fourth-order valence-electron chi connectivity index (χ4n) is 7.43. The van der Waals surface area contributed by atoms with Crippen LogP contribution in [0.5, 0.6) is 0 Å². The van der Waals surface area contributed by atoms with Gasteiger partial charge < -0.3 is 29.4 Å². The number of aliphatic hydroxyl groups excluding tert-OH is 1. The number of hydroxylamine groups is 2. The van der Waals surface area contributed by atoms with Gasteiger partial charge in [-0.3, -0.25) is 14.4 Å². The van der Waals surface area contributed by atoms with E-state index in [9.17, 15) is 32.7 Å². The van der Waals surface area contributed by atoms with Crippen LogP contribution in [0.2, 0.25) is 0 Å². The number of rotatable bonds is 8. The molecule has 1 spiro atoms. The van der Waals surface area contributed by atoms with Gasteiger partial charge in [0.2, 0.25) is 5.91 Å². The number of amides is 1. The molecule has 1 saturated carbocycles. The maximum absolute atomic E-state index is 13.9. The first-order valence-electron chi connectivity index (χ1n) is 15.0. The van der Waals surface area contributed by atoms with Crippen molar-refractivity contribution in [3.8, 4) is 0 Å². The zero-order valence-corrected chi connectivity index (χ0v) is 24.4. The molecule has 14 heteroatoms. The number of halogens is 3. The zero-order chi connectivity index (χ0) is 32.3. The second kappa shape index (κ2) is 11.5. The van der Waals surface area contributed by atoms with Crippen LogP contribution in [0.25, 0.3) is 6.08 Å². The highest BCUT2D eigenvalue weighted by molar-refractivity contribution is 5.93. The Morgan fingerprint density at radius 3 is 2.54 bits per heavy atom. The fraction of sp³-hybridized carbons (Fsp3) is 0.469. The molecule has 3 aliphatic heterocycles. The molecule has 5 aliphatic rings. The summed E-state index contributed by atoms with van der Waals surface area (Å²) in [6, 6.07) is 13.5. The molecule has 3 heterocycles. The quantitative estimate of drug-likeness (QED) is 0.325. The van der Waals surface area contributed by atoms with E-state index in [0.717, 1.165) is 17.2 Å². The predicted octanol–water partition coefficient (Wildman–Crippen LogP) is 1.99. The van der Waals surface area contributed by atoms with Crippen molar-refractivity contribution in [2.45, 2.75) is 68.2 Å². The number of nitrogens with zero attached hydrogens (tertiary/aromatic N) is 1. The Labute approximate surface area is 261 Å². The van der Waals surface area contributed by atoms with Crippen molar-refractivity contribution < 1.29 is 56.4 Å². The summed E-state index contributed by atoms with van der Waals surface area (Å²) in [5.41, 5.74) is 1.87. The molecule has 2 aromatic carbocycles. The van der Waals surface area contributed by atoms with Crippen molar-refractivity contribution in [1.29, 1.82) is 0 Å². The topological polar surface area (TPSA) is 133 Å². The minimum Gasteiger partial charge on any atom is -0.458 e. The normalized spacial score (nSPS) is 30.7. The van der Waals surface area contributed by atoms with Gasteiger partial charge in [-0.2, -0.15) is 18.2 Å². The number of aliphatic hydroxyl groups is 1. The van der Waals surface area contributed by atoms with E-state index in [0.29, 0.717) is 24.0 Å². The molecular weight excluding hydrogens is 613 g/mol. The average Bonchev–Trinajstić information content (AvgIpc) is 3.69. The van der Waals surface area contributed by atoms with Crippen molar-refractivity contribution in [2.24, 2.45) is 5.41 Å². The lowest BCUT2D eigenvalue weighted by Crippen LogP contribution is -2.69. The maximum atomic E-state index is 13.9. The highest BCUT2D eigenvalue weighted by Crippen LogP contribution is 2.58. The van der Waals surface area contributed by atoms with Crippen molar-refractivity contribution in [2.75, 3.05) is 19.8 Å². The van der Waals surface area contributed by atoms with Crippen molar-refractivity contribution in [3.05, 3.63) is 76.9 Å². The highest BCUT2D eigenvalue weighted by atomic mass is 19.4. The molecule has 1 amide bonds. The third-order valence-corrected chi connectivity index (χ3v) is 9.19. The Morgan fingerprint density at radius 1 is 1.09 bits per heavy atom. The average molecular weight is 645 g/mol. The Balaban J connectivity index is 1.16. The second-order valence-electron chi connectivity index (χ2n) is 12.2. The fourth-order valence-corrected chi connectivity index (χ4v) is 7.43. The summed E-state index contributed by atoms with van der Waals surface area (Å²) < 4.78 is 60.5. The monoisotopic (exact) mass is 644 g/mol. The maximum Gasteiger partial charge on any atom is 0.422 e. The third kappa shape index (κ3) is 5.37. The van der Waals surface area contributed by atoms with Gasteiger partial charge in [0.05, 0.1) is 13.2 Å². The summed E-state index contributed by atoms with van der Waals surface area (Å²) in [7, 11) is 0. The van der Waals surface area contributed by atoms with E-state index in [1.54, 1.807) is 24.3 Å². The molecular formula is C32H31F3N2O9.